The van der Waals surface area contributed by atoms with Crippen molar-refractivity contribution in [3.63, 3.8) is 0 Å². The maximum Gasteiger partial charge on any atom is 0.235 e. The fraction of sp³-hybridized carbons (Fsp3) is 0.588. The first-order valence-electron chi connectivity index (χ1n) is 7.78. The molecule has 4 bridgehead atoms. The quantitative estimate of drug-likeness (QED) is 0.824. The van der Waals surface area contributed by atoms with E-state index >= 15 is 4.39 Å². The van der Waals surface area contributed by atoms with Crippen LogP contribution in [0, 0.1) is 5.82 Å². The zero-order chi connectivity index (χ0) is 15.5. The Bertz CT molecular complexity index is 652. The number of halogens is 3. The van der Waals surface area contributed by atoms with Crippen LogP contribution in [0.1, 0.15) is 55.1 Å². The summed E-state index contributed by atoms with van der Waals surface area (Å²) in [6.45, 7) is 0. The zero-order valence-corrected chi connectivity index (χ0v) is 12.9. The van der Waals surface area contributed by atoms with Gasteiger partial charge in [-0.15, -0.1) is 11.6 Å². The number of rotatable bonds is 2. The van der Waals surface area contributed by atoms with E-state index in [1.807, 2.05) is 6.07 Å². The molecule has 22 heavy (non-hydrogen) atoms. The van der Waals surface area contributed by atoms with E-state index < -0.39 is 11.2 Å². The minimum absolute atomic E-state index is 0.0347. The van der Waals surface area contributed by atoms with Gasteiger partial charge in [0, 0.05) is 12.0 Å². The predicted molar refractivity (Wildman–Crippen MR) is 80.4 cm³/mol. The Hall–Kier alpha value is -1.16. The Morgan fingerprint density at radius 1 is 1.27 bits per heavy atom. The van der Waals surface area contributed by atoms with Crippen molar-refractivity contribution in [1.29, 1.82) is 0 Å². The number of hydrogen-bond donors (Lipinski definition) is 1. The van der Waals surface area contributed by atoms with E-state index in [1.165, 1.54) is 6.07 Å². The fourth-order valence-corrected chi connectivity index (χ4v) is 5.34. The highest BCUT2D eigenvalue weighted by Crippen LogP contribution is 2.61. The third-order valence-electron chi connectivity index (χ3n) is 5.61. The standard InChI is InChI=1S/C17H18ClF2NO/c18-8-14(22)21-17-6-10-4-16(20,9-17)5-11(7-17)15-12(10)2-1-3-13(15)19/h1-3,10-11H,4-9H2,(H,21,22). The van der Waals surface area contributed by atoms with E-state index in [1.54, 1.807) is 6.07 Å². The third kappa shape index (κ3) is 2.07. The molecular weight excluding hydrogens is 308 g/mol. The Morgan fingerprint density at radius 3 is 2.77 bits per heavy atom. The summed E-state index contributed by atoms with van der Waals surface area (Å²) in [6, 6.07) is 5.09. The molecule has 4 atom stereocenters. The van der Waals surface area contributed by atoms with Crippen molar-refractivity contribution < 1.29 is 13.6 Å². The minimum atomic E-state index is -1.32. The van der Waals surface area contributed by atoms with Gasteiger partial charge in [-0.25, -0.2) is 8.78 Å². The molecule has 2 fully saturated rings. The van der Waals surface area contributed by atoms with Crippen LogP contribution in [0.15, 0.2) is 18.2 Å². The topological polar surface area (TPSA) is 29.1 Å². The van der Waals surface area contributed by atoms with Gasteiger partial charge < -0.3 is 5.32 Å². The molecule has 2 nitrogen and oxygen atoms in total. The molecule has 4 aliphatic rings. The average Bonchev–Trinajstić information content (AvgIpc) is 2.58. The number of alkyl halides is 2. The lowest BCUT2D eigenvalue weighted by Crippen LogP contribution is -2.59. The molecule has 5 rings (SSSR count). The molecule has 1 aromatic rings. The maximum absolute atomic E-state index is 15.3. The van der Waals surface area contributed by atoms with Crippen molar-refractivity contribution in [2.45, 2.75) is 55.1 Å². The first-order chi connectivity index (χ1) is 10.4. The summed E-state index contributed by atoms with van der Waals surface area (Å²) in [5.74, 6) is -0.835. The lowest BCUT2D eigenvalue weighted by Gasteiger charge is -2.51. The van der Waals surface area contributed by atoms with Crippen molar-refractivity contribution in [3.8, 4) is 0 Å². The molecule has 4 aliphatic carbocycles. The van der Waals surface area contributed by atoms with Gasteiger partial charge >= 0.3 is 0 Å². The summed E-state index contributed by atoms with van der Waals surface area (Å²) in [4.78, 5) is 11.8. The highest BCUT2D eigenvalue weighted by molar-refractivity contribution is 6.27. The summed E-state index contributed by atoms with van der Waals surface area (Å²) in [5, 5.41) is 2.96. The van der Waals surface area contributed by atoms with Crippen LogP contribution in [-0.4, -0.2) is 23.0 Å². The molecule has 1 aromatic carbocycles. The van der Waals surface area contributed by atoms with Crippen molar-refractivity contribution in [2.75, 3.05) is 5.88 Å². The molecule has 5 heteroatoms. The first-order valence-corrected chi connectivity index (χ1v) is 8.31. The van der Waals surface area contributed by atoms with Gasteiger partial charge in [-0.2, -0.15) is 0 Å². The van der Waals surface area contributed by atoms with E-state index in [0.717, 1.165) is 5.56 Å². The fourth-order valence-electron chi connectivity index (χ4n) is 5.27. The largest absolute Gasteiger partial charge is 0.349 e. The van der Waals surface area contributed by atoms with E-state index in [0.29, 0.717) is 37.7 Å². The Labute approximate surface area is 133 Å². The third-order valence-corrected chi connectivity index (χ3v) is 5.86. The van der Waals surface area contributed by atoms with E-state index in [4.69, 9.17) is 11.6 Å². The Kier molecular flexibility index (Phi) is 3.06. The van der Waals surface area contributed by atoms with Gasteiger partial charge in [0.2, 0.25) is 5.91 Å². The molecule has 1 N–H and O–H groups in total. The lowest BCUT2D eigenvalue weighted by atomic mass is 9.61. The summed E-state index contributed by atoms with van der Waals surface area (Å²) >= 11 is 5.62. The molecule has 0 radical (unpaired) electrons. The molecule has 0 heterocycles. The predicted octanol–water partition coefficient (Wildman–Crippen LogP) is 3.79. The number of carbonyl (C=O) groups is 1. The van der Waals surface area contributed by atoms with Gasteiger partial charge in [0.05, 0.1) is 0 Å². The Morgan fingerprint density at radius 2 is 2.00 bits per heavy atom. The molecule has 0 aromatic heterocycles. The van der Waals surface area contributed by atoms with Crippen LogP contribution in [0.25, 0.3) is 0 Å². The van der Waals surface area contributed by atoms with Gasteiger partial charge in [0.25, 0.3) is 0 Å². The van der Waals surface area contributed by atoms with E-state index in [9.17, 15) is 9.18 Å². The average molecular weight is 326 g/mol. The van der Waals surface area contributed by atoms with Crippen molar-refractivity contribution in [3.05, 3.63) is 35.1 Å². The summed E-state index contributed by atoms with van der Waals surface area (Å²) < 4.78 is 29.7. The Balaban J connectivity index is 1.82. The van der Waals surface area contributed by atoms with E-state index in [-0.39, 0.29) is 29.4 Å². The van der Waals surface area contributed by atoms with Crippen LogP contribution in [0.2, 0.25) is 0 Å². The second kappa shape index (κ2) is 4.67. The van der Waals surface area contributed by atoms with E-state index in [2.05, 4.69) is 5.32 Å². The normalized spacial score (nSPS) is 38.5. The van der Waals surface area contributed by atoms with Crippen LogP contribution >= 0.6 is 11.6 Å². The molecule has 118 valence electrons. The second-order valence-corrected chi connectivity index (χ2v) is 7.51. The van der Waals surface area contributed by atoms with Crippen LogP contribution in [0.3, 0.4) is 0 Å². The molecule has 0 aliphatic heterocycles. The maximum atomic E-state index is 15.3. The second-order valence-electron chi connectivity index (χ2n) is 7.24. The monoisotopic (exact) mass is 325 g/mol. The molecule has 0 spiro atoms. The zero-order valence-electron chi connectivity index (χ0n) is 12.2. The summed E-state index contributed by atoms with van der Waals surface area (Å²) in [5.41, 5.74) is -0.297. The summed E-state index contributed by atoms with van der Waals surface area (Å²) in [7, 11) is 0. The lowest BCUT2D eigenvalue weighted by molar-refractivity contribution is -0.123. The molecule has 0 saturated heterocycles. The van der Waals surface area contributed by atoms with Crippen LogP contribution < -0.4 is 5.32 Å². The molecular formula is C17H18ClF2NO. The number of amides is 1. The van der Waals surface area contributed by atoms with Gasteiger partial charge in [-0.3, -0.25) is 4.79 Å². The molecule has 1 amide bonds. The van der Waals surface area contributed by atoms with Gasteiger partial charge in [0.15, 0.2) is 0 Å². The minimum Gasteiger partial charge on any atom is -0.349 e. The number of benzene rings is 1. The van der Waals surface area contributed by atoms with Crippen LogP contribution in [0.5, 0.6) is 0 Å². The number of carbonyl (C=O) groups excluding carboxylic acids is 1. The highest BCUT2D eigenvalue weighted by atomic mass is 35.5. The van der Waals surface area contributed by atoms with Crippen LogP contribution in [-0.2, 0) is 4.79 Å². The smallest absolute Gasteiger partial charge is 0.235 e. The van der Waals surface area contributed by atoms with Gasteiger partial charge in [-0.05, 0) is 54.7 Å². The first kappa shape index (κ1) is 14.4. The highest BCUT2D eigenvalue weighted by Gasteiger charge is 2.58. The molecule has 2 saturated carbocycles. The van der Waals surface area contributed by atoms with Gasteiger partial charge in [-0.1, -0.05) is 12.1 Å². The molecule has 4 unspecified atom stereocenters. The summed E-state index contributed by atoms with van der Waals surface area (Å²) in [6.07, 6.45) is 2.39. The number of nitrogens with one attached hydrogen (secondary N) is 1. The van der Waals surface area contributed by atoms with Crippen LogP contribution in [0.4, 0.5) is 8.78 Å². The van der Waals surface area contributed by atoms with Gasteiger partial charge in [0.1, 0.15) is 17.4 Å². The number of hydrogen-bond acceptors (Lipinski definition) is 1. The van der Waals surface area contributed by atoms with Crippen molar-refractivity contribution in [1.82, 2.24) is 5.32 Å². The van der Waals surface area contributed by atoms with Crippen molar-refractivity contribution in [2.24, 2.45) is 0 Å². The SMILES string of the molecule is O=C(CCl)NC12CC3CC(F)(CC(C1)c1c(F)cccc13)C2. The van der Waals surface area contributed by atoms with Crippen molar-refractivity contribution >= 4 is 17.5 Å².